The third-order valence-corrected chi connectivity index (χ3v) is 6.59. The summed E-state index contributed by atoms with van der Waals surface area (Å²) in [5.74, 6) is 0. The highest BCUT2D eigenvalue weighted by atomic mass is 31.1. The van der Waals surface area contributed by atoms with E-state index >= 15 is 0 Å². The molecule has 0 aromatic rings. The zero-order valence-corrected chi connectivity index (χ0v) is 17.4. The van der Waals surface area contributed by atoms with Crippen LogP contribution in [0.4, 0.5) is 0 Å². The van der Waals surface area contributed by atoms with Crippen molar-refractivity contribution in [2.24, 2.45) is 0 Å². The molecular formula is C21H44NP. The minimum Gasteiger partial charge on any atom is -0.316 e. The molecule has 0 aliphatic heterocycles. The van der Waals surface area contributed by atoms with Crippen LogP contribution in [0.3, 0.4) is 0 Å². The Bertz CT molecular complexity index is 252. The largest absolute Gasteiger partial charge is 0.316 e. The fraction of sp³-hybridized carbons (Fsp3) is 0.905. The van der Waals surface area contributed by atoms with Crippen LogP contribution in [-0.4, -0.2) is 32.1 Å². The van der Waals surface area contributed by atoms with Crippen molar-refractivity contribution >= 4 is 7.92 Å². The molecule has 0 aliphatic rings. The SMILES string of the molecule is C=C(C)CCCCCCCCCP(C)CCNCCCCCC. The second-order valence-electron chi connectivity index (χ2n) is 7.30. The van der Waals surface area contributed by atoms with Gasteiger partial charge in [-0.05, 0) is 64.7 Å². The molecule has 138 valence electrons. The normalized spacial score (nSPS) is 12.5. The van der Waals surface area contributed by atoms with E-state index in [-0.39, 0.29) is 7.92 Å². The van der Waals surface area contributed by atoms with Gasteiger partial charge in [-0.2, -0.15) is 0 Å². The molecule has 2 heteroatoms. The van der Waals surface area contributed by atoms with Gasteiger partial charge in [-0.3, -0.25) is 0 Å². The Morgan fingerprint density at radius 2 is 1.39 bits per heavy atom. The van der Waals surface area contributed by atoms with Crippen molar-refractivity contribution in [1.29, 1.82) is 0 Å². The lowest BCUT2D eigenvalue weighted by Crippen LogP contribution is -2.19. The van der Waals surface area contributed by atoms with Crippen LogP contribution in [0.25, 0.3) is 0 Å². The molecule has 1 unspecified atom stereocenters. The molecule has 1 nitrogen and oxygen atoms in total. The van der Waals surface area contributed by atoms with Crippen LogP contribution in [0.15, 0.2) is 12.2 Å². The number of nitrogens with one attached hydrogen (secondary N) is 1. The molecule has 0 saturated heterocycles. The zero-order chi connectivity index (χ0) is 17.2. The summed E-state index contributed by atoms with van der Waals surface area (Å²) < 4.78 is 0. The lowest BCUT2D eigenvalue weighted by molar-refractivity contribution is 0.589. The van der Waals surface area contributed by atoms with E-state index in [9.17, 15) is 0 Å². The molecule has 0 saturated carbocycles. The monoisotopic (exact) mass is 341 g/mol. The molecule has 0 amide bonds. The van der Waals surface area contributed by atoms with Gasteiger partial charge in [0.1, 0.15) is 0 Å². The quantitative estimate of drug-likeness (QED) is 0.161. The lowest BCUT2D eigenvalue weighted by atomic mass is 10.1. The summed E-state index contributed by atoms with van der Waals surface area (Å²) >= 11 is 0. The second-order valence-corrected chi connectivity index (χ2v) is 9.90. The highest BCUT2D eigenvalue weighted by molar-refractivity contribution is 7.56. The average molecular weight is 342 g/mol. The molecule has 23 heavy (non-hydrogen) atoms. The molecule has 0 bridgehead atoms. The minimum absolute atomic E-state index is 0.282. The van der Waals surface area contributed by atoms with Gasteiger partial charge in [-0.1, -0.05) is 63.9 Å². The van der Waals surface area contributed by atoms with Gasteiger partial charge in [0.05, 0.1) is 0 Å². The van der Waals surface area contributed by atoms with Crippen molar-refractivity contribution in [2.75, 3.05) is 32.1 Å². The van der Waals surface area contributed by atoms with Gasteiger partial charge in [0.2, 0.25) is 0 Å². The third-order valence-electron chi connectivity index (χ3n) is 4.52. The van der Waals surface area contributed by atoms with E-state index in [1.54, 1.807) is 0 Å². The summed E-state index contributed by atoms with van der Waals surface area (Å²) in [6, 6.07) is 0. The van der Waals surface area contributed by atoms with E-state index in [0.29, 0.717) is 0 Å². The standard InChI is InChI=1S/C21H44NP/c1-5-6-7-14-17-22-18-20-23(4)19-15-12-10-8-9-11-13-16-21(2)3/h22H,2,5-20H2,1,3-4H3. The molecule has 0 fully saturated rings. The highest BCUT2D eigenvalue weighted by Gasteiger charge is 2.01. The van der Waals surface area contributed by atoms with Crippen LogP contribution in [0.5, 0.6) is 0 Å². The van der Waals surface area contributed by atoms with Gasteiger partial charge >= 0.3 is 0 Å². The molecule has 0 aromatic heterocycles. The molecule has 0 rings (SSSR count). The van der Waals surface area contributed by atoms with E-state index in [2.05, 4.69) is 32.4 Å². The van der Waals surface area contributed by atoms with Crippen molar-refractivity contribution in [3.8, 4) is 0 Å². The van der Waals surface area contributed by atoms with Crippen LogP contribution in [-0.2, 0) is 0 Å². The predicted molar refractivity (Wildman–Crippen MR) is 111 cm³/mol. The van der Waals surface area contributed by atoms with Gasteiger partial charge in [0.15, 0.2) is 0 Å². The molecule has 0 aliphatic carbocycles. The summed E-state index contributed by atoms with van der Waals surface area (Å²) in [6.07, 6.45) is 19.6. The first-order valence-electron chi connectivity index (χ1n) is 10.2. The Hall–Kier alpha value is 0.130. The zero-order valence-electron chi connectivity index (χ0n) is 16.5. The fourth-order valence-corrected chi connectivity index (χ4v) is 4.40. The predicted octanol–water partition coefficient (Wildman–Crippen LogP) is 6.96. The van der Waals surface area contributed by atoms with Gasteiger partial charge < -0.3 is 5.32 Å². The van der Waals surface area contributed by atoms with Crippen LogP contribution in [0.2, 0.25) is 0 Å². The van der Waals surface area contributed by atoms with Gasteiger partial charge in [-0.25, -0.2) is 0 Å². The Balaban J connectivity index is 3.15. The maximum Gasteiger partial charge on any atom is -0.000959 e. The van der Waals surface area contributed by atoms with Crippen molar-refractivity contribution in [2.45, 2.75) is 90.9 Å². The van der Waals surface area contributed by atoms with Crippen molar-refractivity contribution in [3.63, 3.8) is 0 Å². The molecule has 1 atom stereocenters. The molecule has 0 heterocycles. The first kappa shape index (κ1) is 23.1. The third kappa shape index (κ3) is 20.1. The van der Waals surface area contributed by atoms with E-state index in [1.165, 1.54) is 108 Å². The van der Waals surface area contributed by atoms with Crippen molar-refractivity contribution in [1.82, 2.24) is 5.32 Å². The van der Waals surface area contributed by atoms with Gasteiger partial charge in [0, 0.05) is 0 Å². The summed E-state index contributed by atoms with van der Waals surface area (Å²) in [6.45, 7) is 13.4. The van der Waals surface area contributed by atoms with Crippen LogP contribution in [0, 0.1) is 0 Å². The topological polar surface area (TPSA) is 12.0 Å². The van der Waals surface area contributed by atoms with E-state index in [0.717, 1.165) is 0 Å². The number of allylic oxidation sites excluding steroid dienone is 1. The Morgan fingerprint density at radius 1 is 0.783 bits per heavy atom. The second kappa shape index (κ2) is 18.5. The molecule has 0 spiro atoms. The molecule has 0 aromatic carbocycles. The summed E-state index contributed by atoms with van der Waals surface area (Å²) in [4.78, 5) is 0. The number of unbranched alkanes of at least 4 members (excludes halogenated alkanes) is 9. The average Bonchev–Trinajstić information content (AvgIpc) is 2.52. The Morgan fingerprint density at radius 3 is 2.04 bits per heavy atom. The minimum atomic E-state index is 0.282. The maximum atomic E-state index is 3.97. The first-order chi connectivity index (χ1) is 11.2. The number of rotatable bonds is 18. The van der Waals surface area contributed by atoms with E-state index in [1.807, 2.05) is 0 Å². The molecular weight excluding hydrogens is 297 g/mol. The van der Waals surface area contributed by atoms with Gasteiger partial charge in [-0.15, -0.1) is 14.5 Å². The lowest BCUT2D eigenvalue weighted by Gasteiger charge is -2.12. The van der Waals surface area contributed by atoms with Crippen molar-refractivity contribution in [3.05, 3.63) is 12.2 Å². The Labute approximate surface area is 148 Å². The van der Waals surface area contributed by atoms with Crippen LogP contribution in [0.1, 0.15) is 90.9 Å². The smallest absolute Gasteiger partial charge is 0.000959 e. The number of hydrogen-bond acceptors (Lipinski definition) is 1. The first-order valence-corrected chi connectivity index (χ1v) is 12.4. The fourth-order valence-electron chi connectivity index (χ4n) is 2.88. The Kier molecular flexibility index (Phi) is 18.6. The van der Waals surface area contributed by atoms with Crippen molar-refractivity contribution < 1.29 is 0 Å². The van der Waals surface area contributed by atoms with E-state index in [4.69, 9.17) is 0 Å². The summed E-state index contributed by atoms with van der Waals surface area (Å²) in [5.41, 5.74) is 1.34. The molecule has 0 radical (unpaired) electrons. The highest BCUT2D eigenvalue weighted by Crippen LogP contribution is 2.31. The van der Waals surface area contributed by atoms with Crippen LogP contribution >= 0.6 is 7.92 Å². The molecule has 1 N–H and O–H groups in total. The van der Waals surface area contributed by atoms with E-state index < -0.39 is 0 Å². The maximum absolute atomic E-state index is 3.97. The van der Waals surface area contributed by atoms with Gasteiger partial charge in [0.25, 0.3) is 0 Å². The summed E-state index contributed by atoms with van der Waals surface area (Å²) in [7, 11) is 0.282. The van der Waals surface area contributed by atoms with Crippen LogP contribution < -0.4 is 5.32 Å². The summed E-state index contributed by atoms with van der Waals surface area (Å²) in [5, 5.41) is 3.62. The number of hydrogen-bond donors (Lipinski definition) is 1.